The van der Waals surface area contributed by atoms with Gasteiger partial charge < -0.3 is 4.74 Å². The maximum atomic E-state index is 6.04. The standard InChI is InChI=1S/C10H8BrClOS/c1-13-9-6(4-11)2-3-7-8(12)5-14-10(7)9/h2-3,5H,4H2,1H3. The average Bonchev–Trinajstić information content (AvgIpc) is 2.59. The molecule has 0 aliphatic carbocycles. The number of alkyl halides is 1. The second kappa shape index (κ2) is 4.09. The van der Waals surface area contributed by atoms with Crippen LogP contribution < -0.4 is 4.74 Å². The van der Waals surface area contributed by atoms with Gasteiger partial charge in [-0.25, -0.2) is 0 Å². The van der Waals surface area contributed by atoms with E-state index in [9.17, 15) is 0 Å². The summed E-state index contributed by atoms with van der Waals surface area (Å²) in [6.07, 6.45) is 0. The van der Waals surface area contributed by atoms with Crippen LogP contribution in [0.3, 0.4) is 0 Å². The molecule has 1 aromatic heterocycles. The number of hydrogen-bond acceptors (Lipinski definition) is 2. The van der Waals surface area contributed by atoms with Crippen molar-refractivity contribution in [2.24, 2.45) is 0 Å². The minimum Gasteiger partial charge on any atom is -0.495 e. The van der Waals surface area contributed by atoms with Gasteiger partial charge >= 0.3 is 0 Å². The lowest BCUT2D eigenvalue weighted by Gasteiger charge is -2.06. The Balaban J connectivity index is 2.77. The highest BCUT2D eigenvalue weighted by Crippen LogP contribution is 2.39. The van der Waals surface area contributed by atoms with Crippen molar-refractivity contribution >= 4 is 49.0 Å². The number of thiophene rings is 1. The molecule has 0 radical (unpaired) electrons. The summed E-state index contributed by atoms with van der Waals surface area (Å²) >= 11 is 11.1. The molecular weight excluding hydrogens is 284 g/mol. The first kappa shape index (κ1) is 10.3. The number of methoxy groups -OCH3 is 1. The van der Waals surface area contributed by atoms with Crippen molar-refractivity contribution in [1.29, 1.82) is 0 Å². The van der Waals surface area contributed by atoms with Gasteiger partial charge in [-0.1, -0.05) is 39.7 Å². The van der Waals surface area contributed by atoms with Crippen LogP contribution in [0.15, 0.2) is 17.5 Å². The maximum Gasteiger partial charge on any atom is 0.140 e. The van der Waals surface area contributed by atoms with Gasteiger partial charge in [-0.2, -0.15) is 0 Å². The molecule has 2 rings (SSSR count). The number of rotatable bonds is 2. The summed E-state index contributed by atoms with van der Waals surface area (Å²) < 4.78 is 6.50. The predicted octanol–water partition coefficient (Wildman–Crippen LogP) is 4.46. The minimum absolute atomic E-state index is 0.793. The van der Waals surface area contributed by atoms with Crippen LogP contribution in [0.1, 0.15) is 5.56 Å². The normalized spacial score (nSPS) is 10.8. The highest BCUT2D eigenvalue weighted by Gasteiger charge is 2.10. The molecule has 0 unspecified atom stereocenters. The lowest BCUT2D eigenvalue weighted by Crippen LogP contribution is -1.88. The molecule has 74 valence electrons. The summed E-state index contributed by atoms with van der Waals surface area (Å²) in [5.41, 5.74) is 1.15. The molecule has 2 aromatic rings. The second-order valence-electron chi connectivity index (χ2n) is 2.85. The second-order valence-corrected chi connectivity index (χ2v) is 4.70. The Labute approximate surface area is 99.8 Å². The molecule has 0 aliphatic heterocycles. The van der Waals surface area contributed by atoms with E-state index in [4.69, 9.17) is 16.3 Å². The van der Waals surface area contributed by atoms with Gasteiger partial charge in [-0.05, 0) is 0 Å². The summed E-state index contributed by atoms with van der Waals surface area (Å²) in [6.45, 7) is 0. The quantitative estimate of drug-likeness (QED) is 0.742. The lowest BCUT2D eigenvalue weighted by molar-refractivity contribution is 0.417. The van der Waals surface area contributed by atoms with E-state index in [1.54, 1.807) is 18.4 Å². The van der Waals surface area contributed by atoms with Crippen LogP contribution in [0.4, 0.5) is 0 Å². The van der Waals surface area contributed by atoms with E-state index >= 15 is 0 Å². The first-order valence-corrected chi connectivity index (χ1v) is 6.44. The highest BCUT2D eigenvalue weighted by atomic mass is 79.9. The van der Waals surface area contributed by atoms with E-state index in [2.05, 4.69) is 15.9 Å². The van der Waals surface area contributed by atoms with Crippen LogP contribution in [-0.4, -0.2) is 7.11 Å². The van der Waals surface area contributed by atoms with Gasteiger partial charge in [0.1, 0.15) is 5.75 Å². The zero-order valence-corrected chi connectivity index (χ0v) is 10.7. The Hall–Kier alpha value is -0.250. The number of ether oxygens (including phenoxy) is 1. The van der Waals surface area contributed by atoms with Gasteiger partial charge in [0.2, 0.25) is 0 Å². The maximum absolute atomic E-state index is 6.04. The molecule has 0 fully saturated rings. The van der Waals surface area contributed by atoms with E-state index in [0.717, 1.165) is 31.8 Å². The van der Waals surface area contributed by atoms with Crippen LogP contribution in [0.2, 0.25) is 5.02 Å². The molecule has 1 aromatic carbocycles. The third-order valence-electron chi connectivity index (χ3n) is 2.08. The molecule has 4 heteroatoms. The van der Waals surface area contributed by atoms with Crippen LogP contribution in [0.5, 0.6) is 5.75 Å². The van der Waals surface area contributed by atoms with Crippen LogP contribution >= 0.6 is 38.9 Å². The van der Waals surface area contributed by atoms with Crippen LogP contribution in [-0.2, 0) is 5.33 Å². The summed E-state index contributed by atoms with van der Waals surface area (Å²) in [6, 6.07) is 4.07. The van der Waals surface area contributed by atoms with Crippen molar-refractivity contribution in [2.45, 2.75) is 5.33 Å². The van der Waals surface area contributed by atoms with Gasteiger partial charge in [-0.15, -0.1) is 11.3 Å². The monoisotopic (exact) mass is 290 g/mol. The molecular formula is C10H8BrClOS. The van der Waals surface area contributed by atoms with Gasteiger partial charge in [0.05, 0.1) is 16.8 Å². The molecule has 1 heterocycles. The Morgan fingerprint density at radius 3 is 2.93 bits per heavy atom. The molecule has 0 spiro atoms. The van der Waals surface area contributed by atoms with Crippen molar-refractivity contribution in [3.05, 3.63) is 28.1 Å². The van der Waals surface area contributed by atoms with E-state index in [1.165, 1.54) is 0 Å². The zero-order chi connectivity index (χ0) is 10.1. The third-order valence-corrected chi connectivity index (χ3v) is 4.12. The minimum atomic E-state index is 0.793. The van der Waals surface area contributed by atoms with Crippen molar-refractivity contribution in [3.63, 3.8) is 0 Å². The summed E-state index contributed by atoms with van der Waals surface area (Å²) in [4.78, 5) is 0. The largest absolute Gasteiger partial charge is 0.495 e. The zero-order valence-electron chi connectivity index (χ0n) is 7.51. The van der Waals surface area contributed by atoms with Crippen LogP contribution in [0.25, 0.3) is 10.1 Å². The summed E-state index contributed by atoms with van der Waals surface area (Å²) in [7, 11) is 1.69. The molecule has 0 saturated heterocycles. The first-order chi connectivity index (χ1) is 6.77. The van der Waals surface area contributed by atoms with Crippen molar-refractivity contribution in [2.75, 3.05) is 7.11 Å². The van der Waals surface area contributed by atoms with E-state index in [-0.39, 0.29) is 0 Å². The Kier molecular flexibility index (Phi) is 3.00. The Morgan fingerprint density at radius 2 is 2.29 bits per heavy atom. The van der Waals surface area contributed by atoms with Crippen molar-refractivity contribution < 1.29 is 4.74 Å². The average molecular weight is 292 g/mol. The molecule has 0 aliphatic rings. The first-order valence-electron chi connectivity index (χ1n) is 4.06. The van der Waals surface area contributed by atoms with Gasteiger partial charge in [-0.3, -0.25) is 0 Å². The third kappa shape index (κ3) is 1.53. The lowest BCUT2D eigenvalue weighted by atomic mass is 10.2. The molecule has 0 N–H and O–H groups in total. The molecule has 14 heavy (non-hydrogen) atoms. The Morgan fingerprint density at radius 1 is 1.50 bits per heavy atom. The Bertz CT molecular complexity index is 466. The SMILES string of the molecule is COc1c(CBr)ccc2c(Cl)csc12. The molecule has 1 nitrogen and oxygen atoms in total. The summed E-state index contributed by atoms with van der Waals surface area (Å²) in [5, 5.41) is 4.59. The number of hydrogen-bond donors (Lipinski definition) is 0. The molecule has 0 bridgehead atoms. The van der Waals surface area contributed by atoms with Crippen molar-refractivity contribution in [1.82, 2.24) is 0 Å². The van der Waals surface area contributed by atoms with Crippen molar-refractivity contribution in [3.8, 4) is 5.75 Å². The van der Waals surface area contributed by atoms with Gasteiger partial charge in [0.25, 0.3) is 0 Å². The smallest absolute Gasteiger partial charge is 0.140 e. The van der Waals surface area contributed by atoms with Crippen LogP contribution in [0, 0.1) is 0 Å². The topological polar surface area (TPSA) is 9.23 Å². The van der Waals surface area contributed by atoms with E-state index in [0.29, 0.717) is 0 Å². The predicted molar refractivity (Wildman–Crippen MR) is 66.0 cm³/mol. The fraction of sp³-hybridized carbons (Fsp3) is 0.200. The fourth-order valence-electron chi connectivity index (χ4n) is 1.41. The number of benzene rings is 1. The fourth-order valence-corrected chi connectivity index (χ4v) is 3.18. The number of fused-ring (bicyclic) bond motifs is 1. The number of halogens is 2. The van der Waals surface area contributed by atoms with Gasteiger partial charge in [0.15, 0.2) is 0 Å². The van der Waals surface area contributed by atoms with Gasteiger partial charge in [0, 0.05) is 21.7 Å². The summed E-state index contributed by atoms with van der Waals surface area (Å²) in [5.74, 6) is 0.927. The molecule has 0 atom stereocenters. The molecule has 0 amide bonds. The molecule has 0 saturated carbocycles. The van der Waals surface area contributed by atoms with E-state index < -0.39 is 0 Å². The highest BCUT2D eigenvalue weighted by molar-refractivity contribution is 9.08. The van der Waals surface area contributed by atoms with E-state index in [1.807, 2.05) is 17.5 Å².